The van der Waals surface area contributed by atoms with Crippen LogP contribution in [0, 0.1) is 5.92 Å². The van der Waals surface area contributed by atoms with Gasteiger partial charge in [0.15, 0.2) is 0 Å². The molecule has 0 spiro atoms. The van der Waals surface area contributed by atoms with E-state index in [1.807, 2.05) is 42.5 Å². The fourth-order valence-electron chi connectivity index (χ4n) is 3.97. The Labute approximate surface area is 144 Å². The first-order valence-electron chi connectivity index (χ1n) is 8.53. The number of nitrogens with zero attached hydrogens (tertiary/aromatic N) is 1. The van der Waals surface area contributed by atoms with Crippen molar-refractivity contribution in [3.8, 4) is 0 Å². The van der Waals surface area contributed by atoms with Gasteiger partial charge in [0, 0.05) is 24.4 Å². The number of hydrogen-bond donors (Lipinski definition) is 1. The maximum atomic E-state index is 12.7. The Morgan fingerprint density at radius 2 is 1.88 bits per heavy atom. The molecule has 3 heterocycles. The van der Waals surface area contributed by atoms with Crippen LogP contribution in [0.4, 0.5) is 5.69 Å². The first-order valence-corrected chi connectivity index (χ1v) is 8.53. The molecule has 5 rings (SSSR count). The Morgan fingerprint density at radius 1 is 1.08 bits per heavy atom. The predicted molar refractivity (Wildman–Crippen MR) is 95.3 cm³/mol. The van der Waals surface area contributed by atoms with Crippen LogP contribution in [0.3, 0.4) is 0 Å². The second-order valence-electron chi connectivity index (χ2n) is 6.68. The summed E-state index contributed by atoms with van der Waals surface area (Å²) in [6.45, 7) is 2.19. The van der Waals surface area contributed by atoms with Crippen LogP contribution in [0.15, 0.2) is 63.8 Å². The second kappa shape index (κ2) is 5.72. The largest absolute Gasteiger partial charge is 0.422 e. The van der Waals surface area contributed by atoms with Crippen LogP contribution in [0.1, 0.15) is 17.2 Å². The third-order valence-corrected chi connectivity index (χ3v) is 5.10. The smallest absolute Gasteiger partial charge is 0.343 e. The Morgan fingerprint density at radius 3 is 2.76 bits per heavy atom. The van der Waals surface area contributed by atoms with Crippen molar-refractivity contribution in [1.29, 1.82) is 0 Å². The highest BCUT2D eigenvalue weighted by Crippen LogP contribution is 2.42. The first-order chi connectivity index (χ1) is 12.3. The third kappa shape index (κ3) is 2.35. The molecule has 0 saturated carbocycles. The summed E-state index contributed by atoms with van der Waals surface area (Å²) in [6, 6.07) is 18.0. The van der Waals surface area contributed by atoms with Gasteiger partial charge in [-0.25, -0.2) is 4.79 Å². The number of fused-ring (bicyclic) bond motifs is 5. The summed E-state index contributed by atoms with van der Waals surface area (Å²) in [4.78, 5) is 20.5. The van der Waals surface area contributed by atoms with Crippen LogP contribution in [0.2, 0.25) is 0 Å². The molecule has 2 aromatic carbocycles. The molecule has 2 aliphatic heterocycles. The molecule has 0 radical (unpaired) electrons. The lowest BCUT2D eigenvalue weighted by Gasteiger charge is -2.37. The first kappa shape index (κ1) is 14.7. The van der Waals surface area contributed by atoms with Crippen molar-refractivity contribution in [3.63, 3.8) is 0 Å². The maximum Gasteiger partial charge on any atom is 0.343 e. The van der Waals surface area contributed by atoms with Gasteiger partial charge in [-0.15, -0.1) is 0 Å². The minimum absolute atomic E-state index is 0.108. The number of benzene rings is 2. The van der Waals surface area contributed by atoms with Gasteiger partial charge in [-0.05, 0) is 17.7 Å². The predicted octanol–water partition coefficient (Wildman–Crippen LogP) is 3.01. The lowest BCUT2D eigenvalue weighted by atomic mass is 9.88. The van der Waals surface area contributed by atoms with Gasteiger partial charge >= 0.3 is 5.63 Å². The number of anilines is 1. The molecule has 2 atom stereocenters. The van der Waals surface area contributed by atoms with Crippen LogP contribution in [0.25, 0.3) is 11.0 Å². The molecule has 0 bridgehead atoms. The lowest BCUT2D eigenvalue weighted by Crippen LogP contribution is -2.41. The van der Waals surface area contributed by atoms with Crippen molar-refractivity contribution in [2.75, 3.05) is 18.1 Å². The molecule has 1 N–H and O–H groups in total. The van der Waals surface area contributed by atoms with Crippen LogP contribution < -0.4 is 16.0 Å². The molecular formula is C20H18N2O3. The Kier molecular flexibility index (Phi) is 3.36. The fraction of sp³-hybridized carbons (Fsp3) is 0.250. The van der Waals surface area contributed by atoms with Gasteiger partial charge in [-0.1, -0.05) is 42.5 Å². The van der Waals surface area contributed by atoms with Gasteiger partial charge in [-0.3, -0.25) is 0 Å². The number of rotatable bonds is 2. The van der Waals surface area contributed by atoms with Gasteiger partial charge in [0.2, 0.25) is 0 Å². The zero-order valence-electron chi connectivity index (χ0n) is 13.6. The summed E-state index contributed by atoms with van der Waals surface area (Å²) in [6.07, 6.45) is 0. The summed E-state index contributed by atoms with van der Waals surface area (Å²) in [7, 11) is 0. The number of hydroxylamine groups is 1. The van der Waals surface area contributed by atoms with E-state index in [9.17, 15) is 4.79 Å². The topological polar surface area (TPSA) is 54.7 Å². The highest BCUT2D eigenvalue weighted by molar-refractivity contribution is 5.92. The van der Waals surface area contributed by atoms with Crippen molar-refractivity contribution in [3.05, 3.63) is 76.1 Å². The van der Waals surface area contributed by atoms with Gasteiger partial charge in [0.05, 0.1) is 23.9 Å². The van der Waals surface area contributed by atoms with Gasteiger partial charge in [0.1, 0.15) is 5.58 Å². The average molecular weight is 334 g/mol. The van der Waals surface area contributed by atoms with E-state index in [0.717, 1.165) is 24.2 Å². The molecule has 0 unspecified atom stereocenters. The van der Waals surface area contributed by atoms with Crippen LogP contribution in [-0.2, 0) is 11.4 Å². The van der Waals surface area contributed by atoms with E-state index in [0.29, 0.717) is 17.8 Å². The Bertz CT molecular complexity index is 983. The molecule has 0 amide bonds. The minimum Gasteiger partial charge on any atom is -0.422 e. The molecule has 2 aliphatic rings. The third-order valence-electron chi connectivity index (χ3n) is 5.10. The molecular weight excluding hydrogens is 316 g/mol. The summed E-state index contributed by atoms with van der Waals surface area (Å²) in [5, 5.41) is 0.972. The zero-order valence-corrected chi connectivity index (χ0v) is 13.6. The van der Waals surface area contributed by atoms with Crippen molar-refractivity contribution >= 4 is 16.7 Å². The van der Waals surface area contributed by atoms with E-state index in [2.05, 4.69) is 22.5 Å². The van der Waals surface area contributed by atoms with Crippen molar-refractivity contribution in [2.45, 2.75) is 12.6 Å². The van der Waals surface area contributed by atoms with E-state index in [1.165, 1.54) is 5.56 Å². The molecule has 1 aromatic heterocycles. The minimum atomic E-state index is -0.278. The Hall–Kier alpha value is -2.63. The quantitative estimate of drug-likeness (QED) is 0.730. The van der Waals surface area contributed by atoms with E-state index in [4.69, 9.17) is 9.25 Å². The van der Waals surface area contributed by atoms with Gasteiger partial charge in [-0.2, -0.15) is 5.48 Å². The molecule has 5 nitrogen and oxygen atoms in total. The normalized spacial score (nSPS) is 22.0. The SMILES string of the molecule is O=c1oc2ccccc2c2c1[C@@H]1NOC[C@@H]1CN2Cc1ccccc1. The summed E-state index contributed by atoms with van der Waals surface area (Å²) < 4.78 is 5.59. The van der Waals surface area contributed by atoms with Crippen molar-refractivity contribution in [2.24, 2.45) is 5.92 Å². The zero-order chi connectivity index (χ0) is 16.8. The highest BCUT2D eigenvalue weighted by Gasteiger charge is 2.41. The van der Waals surface area contributed by atoms with E-state index >= 15 is 0 Å². The summed E-state index contributed by atoms with van der Waals surface area (Å²) in [5.74, 6) is 0.236. The van der Waals surface area contributed by atoms with E-state index < -0.39 is 0 Å². The molecule has 5 heteroatoms. The van der Waals surface area contributed by atoms with Crippen LogP contribution >= 0.6 is 0 Å². The van der Waals surface area contributed by atoms with E-state index in [1.54, 1.807) is 0 Å². The molecule has 1 fully saturated rings. The monoisotopic (exact) mass is 334 g/mol. The average Bonchev–Trinajstić information content (AvgIpc) is 3.10. The van der Waals surface area contributed by atoms with Gasteiger partial charge < -0.3 is 14.2 Å². The molecule has 25 heavy (non-hydrogen) atoms. The summed E-state index contributed by atoms with van der Waals surface area (Å²) in [5.41, 5.74) is 6.24. The lowest BCUT2D eigenvalue weighted by molar-refractivity contribution is 0.0863. The van der Waals surface area contributed by atoms with Crippen molar-refractivity contribution in [1.82, 2.24) is 5.48 Å². The number of para-hydroxylation sites is 1. The highest BCUT2D eigenvalue weighted by atomic mass is 16.7. The number of hydrogen-bond acceptors (Lipinski definition) is 5. The molecule has 1 saturated heterocycles. The maximum absolute atomic E-state index is 12.7. The van der Waals surface area contributed by atoms with Crippen LogP contribution in [-0.4, -0.2) is 13.2 Å². The standard InChI is InChI=1S/C20H18N2O3/c23-20-17-18-14(12-24-21-18)11-22(10-13-6-2-1-3-7-13)19(17)15-8-4-5-9-16(15)25-20/h1-9,14,18,21H,10-12H2/t14-,18+/m0/s1. The molecule has 0 aliphatic carbocycles. The van der Waals surface area contributed by atoms with Crippen LogP contribution in [0.5, 0.6) is 0 Å². The molecule has 3 aromatic rings. The second-order valence-corrected chi connectivity index (χ2v) is 6.68. The fourth-order valence-corrected chi connectivity index (χ4v) is 3.97. The van der Waals surface area contributed by atoms with Crippen molar-refractivity contribution < 1.29 is 9.25 Å². The number of nitrogens with one attached hydrogen (secondary N) is 1. The van der Waals surface area contributed by atoms with E-state index in [-0.39, 0.29) is 17.6 Å². The van der Waals surface area contributed by atoms with Gasteiger partial charge in [0.25, 0.3) is 0 Å². The molecule has 126 valence electrons. The Balaban J connectivity index is 1.72. The summed E-state index contributed by atoms with van der Waals surface area (Å²) >= 11 is 0.